The summed E-state index contributed by atoms with van der Waals surface area (Å²) in [6.07, 6.45) is 2.25. The lowest BCUT2D eigenvalue weighted by atomic mass is 10.1. The number of fused-ring (bicyclic) bond motifs is 12. The Morgan fingerprint density at radius 3 is 1.42 bits per heavy atom. The van der Waals surface area contributed by atoms with E-state index in [1.165, 1.54) is 30.3 Å². The number of nitro benzene ring substituents is 2. The van der Waals surface area contributed by atoms with Gasteiger partial charge >= 0.3 is 7.28 Å². The van der Waals surface area contributed by atoms with Crippen LogP contribution < -0.4 is 32.7 Å². The molecule has 0 saturated heterocycles. The number of allylic oxidation sites excluding steroid dienone is 1. The lowest BCUT2D eigenvalue weighted by molar-refractivity contribution is -0.384. The van der Waals surface area contributed by atoms with Crippen molar-refractivity contribution in [3.63, 3.8) is 0 Å². The second kappa shape index (κ2) is 30.2. The van der Waals surface area contributed by atoms with Crippen LogP contribution in [0, 0.1) is 20.2 Å². The van der Waals surface area contributed by atoms with Crippen molar-refractivity contribution in [1.82, 2.24) is 44.6 Å². The number of phenolic OH excluding ortho intramolecular Hbond substituents is 1. The lowest BCUT2D eigenvalue weighted by Crippen LogP contribution is -2.34. The third-order valence-electron chi connectivity index (χ3n) is 15.8. The minimum atomic E-state index is -3.69. The molecule has 518 valence electrons. The summed E-state index contributed by atoms with van der Waals surface area (Å²) in [5.41, 5.74) is 22.1. The van der Waals surface area contributed by atoms with Crippen molar-refractivity contribution in [3.05, 3.63) is 208 Å². The van der Waals surface area contributed by atoms with Crippen LogP contribution in [0.3, 0.4) is 0 Å². The van der Waals surface area contributed by atoms with Crippen molar-refractivity contribution in [3.8, 4) is 40.1 Å². The van der Waals surface area contributed by atoms with Gasteiger partial charge in [0.2, 0.25) is 28.8 Å². The maximum Gasteiger partial charge on any atom is 0.445 e. The SMILES string of the molecule is C=CC(=O)Cl.C=CC(=O)Nc1cccc2oc(-c3ccc4cc5n(c4c3)CCNC5=O)nc12.COP(=O)(OO)P=O.Nc1c(O)cccc1[N+](=O)[O-].Nc1cccc2oc(-c3ccc4cc5n(c4c3)CCNC5=O)nc12.O=C1NCCn2c1cc1ccc(-c3nc4c([N+](=O)[O-])cccc4o3)cc12. The van der Waals surface area contributed by atoms with Gasteiger partial charge in [0.05, 0.1) is 21.2 Å². The van der Waals surface area contributed by atoms with E-state index in [-0.39, 0.29) is 52.0 Å². The van der Waals surface area contributed by atoms with Gasteiger partial charge in [0.25, 0.3) is 37.2 Å². The Morgan fingerprint density at radius 1 is 0.627 bits per heavy atom. The largest absolute Gasteiger partial charge is 0.506 e. The first-order valence-corrected chi connectivity index (χ1v) is 33.6. The van der Waals surface area contributed by atoms with Gasteiger partial charge in [-0.25, -0.2) is 24.8 Å². The third kappa shape index (κ3) is 14.8. The van der Waals surface area contributed by atoms with Gasteiger partial charge in [-0.05, 0) is 115 Å². The van der Waals surface area contributed by atoms with Crippen molar-refractivity contribution < 1.29 is 75.8 Å². The van der Waals surface area contributed by atoms with Crippen LogP contribution >= 0.6 is 27.0 Å². The molecule has 0 saturated carbocycles. The number of nitrogens with one attached hydrogen (secondary N) is 4. The van der Waals surface area contributed by atoms with Gasteiger partial charge in [-0.1, -0.05) is 55.6 Å². The fourth-order valence-electron chi connectivity index (χ4n) is 11.0. The maximum absolute atomic E-state index is 12.1. The van der Waals surface area contributed by atoms with E-state index in [4.69, 9.17) is 46.7 Å². The number of anilines is 3. The maximum atomic E-state index is 12.1. The van der Waals surface area contributed by atoms with Gasteiger partial charge in [-0.3, -0.25) is 48.8 Å². The number of nitrogens with zero attached hydrogens (tertiary/aromatic N) is 8. The Hall–Kier alpha value is -12.7. The number of oxazole rings is 3. The molecule has 35 heteroatoms. The van der Waals surface area contributed by atoms with E-state index in [9.17, 15) is 53.3 Å². The third-order valence-corrected chi connectivity index (χ3v) is 18.1. The summed E-state index contributed by atoms with van der Waals surface area (Å²) in [4.78, 5) is 90.9. The standard InChI is InChI=1S/C21H16N4O3.C18H12N4O4.C18H14N4O2.C6H6N2O3.C3H3ClO.CH4O5P2/c1-2-18(26)23-14-4-3-5-17-19(14)24-21(28-17)13-7-6-12-10-16-20(27)22-8-9-25(16)15(12)11-13;23-17-14-8-10-4-5-11(9-13(10)21(14)7-6-19-17)18-20-16-12(22(24)25)2-1-3-15(16)26-18;19-12-2-1-3-15-16(12)21-18(24-15)11-5-4-10-8-14-17(23)20-6-7-22(14)13(10)9-11;7-6-4(8(10)11)2-1-3-5(6)9;1-2-3(4)5;1-5-8(4,6-2)7-3/h2-7,10-11H,1,8-9H2,(H,22,27)(H,23,26);1-5,8-9H,6-7H2,(H,19,23);1-5,8-9H,6-7,19H2,(H,20,23);1-3,9H,7H2;2H,1H2;2H,1H3. The van der Waals surface area contributed by atoms with Gasteiger partial charge < -0.3 is 69.3 Å². The van der Waals surface area contributed by atoms with E-state index in [2.05, 4.69) is 58.6 Å². The quantitative estimate of drug-likeness (QED) is 0.00871. The highest BCUT2D eigenvalue weighted by molar-refractivity contribution is 8.14. The number of para-hydroxylation sites is 4. The first-order chi connectivity index (χ1) is 49.0. The predicted molar refractivity (Wildman–Crippen MR) is 378 cm³/mol. The molecule has 3 aliphatic heterocycles. The number of nitrogens with two attached hydrogens (primary N) is 2. The van der Waals surface area contributed by atoms with Gasteiger partial charge in [0.15, 0.2) is 28.0 Å². The molecule has 6 aromatic heterocycles. The van der Waals surface area contributed by atoms with Crippen molar-refractivity contribution in [1.29, 1.82) is 0 Å². The van der Waals surface area contributed by atoms with Gasteiger partial charge in [0.1, 0.15) is 33.9 Å². The van der Waals surface area contributed by atoms with Crippen LogP contribution in [0.1, 0.15) is 31.5 Å². The van der Waals surface area contributed by atoms with Crippen LogP contribution in [0.4, 0.5) is 28.4 Å². The average molecular weight is 1440 g/mol. The van der Waals surface area contributed by atoms with Crippen LogP contribution in [0.5, 0.6) is 5.75 Å². The van der Waals surface area contributed by atoms with Gasteiger partial charge in [-0.15, -0.1) is 4.67 Å². The van der Waals surface area contributed by atoms with Crippen LogP contribution in [0.2, 0.25) is 0 Å². The number of nitrogen functional groups attached to an aromatic ring is 2. The zero-order valence-electron chi connectivity index (χ0n) is 53.1. The number of nitro groups is 2. The Labute approximate surface area is 579 Å². The van der Waals surface area contributed by atoms with E-state index >= 15 is 0 Å². The number of hydrogen-bond donors (Lipinski definition) is 8. The molecule has 7 aromatic carbocycles. The topological polar surface area (TPSA) is 458 Å². The van der Waals surface area contributed by atoms with E-state index < -0.39 is 30.5 Å². The summed E-state index contributed by atoms with van der Waals surface area (Å²) in [6.45, 7) is 10.5. The Balaban J connectivity index is 0.000000133. The highest BCUT2D eigenvalue weighted by Gasteiger charge is 2.26. The van der Waals surface area contributed by atoms with E-state index in [1.807, 2.05) is 98.6 Å². The van der Waals surface area contributed by atoms with Crippen LogP contribution in [0.15, 0.2) is 184 Å². The lowest BCUT2D eigenvalue weighted by Gasteiger charge is -2.16. The number of benzene rings is 7. The number of amides is 4. The number of non-ortho nitro benzene ring substituents is 1. The molecule has 1 unspecified atom stereocenters. The minimum Gasteiger partial charge on any atom is -0.506 e. The molecule has 3 aliphatic rings. The Kier molecular flexibility index (Phi) is 20.9. The van der Waals surface area contributed by atoms with Gasteiger partial charge in [0, 0.05) is 108 Å². The second-order valence-electron chi connectivity index (χ2n) is 21.9. The van der Waals surface area contributed by atoms with Gasteiger partial charge in [-0.2, -0.15) is 0 Å². The van der Waals surface area contributed by atoms with Crippen molar-refractivity contribution >= 4 is 150 Å². The van der Waals surface area contributed by atoms with Crippen LogP contribution in [-0.2, 0) is 47.6 Å². The number of aromatic nitrogens is 6. The molecule has 13 aromatic rings. The number of rotatable bonds is 11. The number of aromatic hydroxyl groups is 1. The summed E-state index contributed by atoms with van der Waals surface area (Å²) >= 11 is 4.71. The summed E-state index contributed by atoms with van der Waals surface area (Å²) < 4.78 is 50.8. The van der Waals surface area contributed by atoms with E-state index in [1.54, 1.807) is 36.4 Å². The molecule has 9 heterocycles. The molecule has 10 N–H and O–H groups in total. The number of phenols is 1. The number of hydrogen-bond acceptors (Lipinski definition) is 23. The summed E-state index contributed by atoms with van der Waals surface area (Å²) in [5, 5.41) is 51.7. The van der Waals surface area contributed by atoms with Crippen LogP contribution in [-0.4, -0.2) is 104 Å². The molecule has 0 radical (unpaired) electrons. The molecule has 0 fully saturated rings. The summed E-state index contributed by atoms with van der Waals surface area (Å²) in [7, 11) is -3.53. The smallest absolute Gasteiger partial charge is 0.445 e. The van der Waals surface area contributed by atoms with Crippen LogP contribution in [0.25, 0.3) is 100 Å². The molecular weight excluding hydrogens is 1390 g/mol. The molecule has 0 bridgehead atoms. The van der Waals surface area contributed by atoms with Crippen molar-refractivity contribution in [2.75, 3.05) is 43.5 Å². The van der Waals surface area contributed by atoms with E-state index in [0.29, 0.717) is 106 Å². The molecule has 16 rings (SSSR count). The Morgan fingerprint density at radius 2 is 1.03 bits per heavy atom. The first kappa shape index (κ1) is 70.6. The number of carbonyl (C=O) groups excluding carboxylic acids is 5. The summed E-state index contributed by atoms with van der Waals surface area (Å²) in [6, 6.07) is 42.5. The molecule has 102 heavy (non-hydrogen) atoms. The number of carbonyl (C=O) groups is 5. The normalized spacial score (nSPS) is 13.3. The predicted octanol–water partition coefficient (Wildman–Crippen LogP) is 12.5. The molecule has 32 nitrogen and oxygen atoms in total. The monoisotopic (exact) mass is 1440 g/mol. The minimum absolute atomic E-state index is 0.0337. The molecular formula is C67H55ClN14O18P2. The number of halogens is 1. The zero-order chi connectivity index (χ0) is 72.7. The molecule has 4 amide bonds. The second-order valence-corrected chi connectivity index (χ2v) is 25.9. The highest BCUT2D eigenvalue weighted by atomic mass is 35.5. The zero-order valence-corrected chi connectivity index (χ0v) is 55.6. The van der Waals surface area contributed by atoms with Crippen molar-refractivity contribution in [2.45, 2.75) is 19.6 Å². The average Bonchev–Trinajstić information content (AvgIpc) is 1.62. The van der Waals surface area contributed by atoms with E-state index in [0.717, 1.165) is 70.1 Å². The van der Waals surface area contributed by atoms with Crippen molar-refractivity contribution in [2.24, 2.45) is 0 Å². The molecule has 1 atom stereocenters. The Bertz CT molecular complexity index is 5610. The fraction of sp³-hybridized carbons (Fsp3) is 0.104. The highest BCUT2D eigenvalue weighted by Crippen LogP contribution is 2.58. The molecule has 0 spiro atoms. The fourth-order valence-corrected chi connectivity index (χ4v) is 11.5. The summed E-state index contributed by atoms with van der Waals surface area (Å²) in [5.74, 6) is 0.532. The molecule has 0 aliphatic carbocycles. The first-order valence-electron chi connectivity index (χ1n) is 30.2.